The summed E-state index contributed by atoms with van der Waals surface area (Å²) in [5.41, 5.74) is 0.315. The number of ether oxygens (including phenoxy) is 2. The van der Waals surface area contributed by atoms with Crippen molar-refractivity contribution in [3.8, 4) is 0 Å². The van der Waals surface area contributed by atoms with E-state index in [1.165, 1.54) is 9.80 Å². The van der Waals surface area contributed by atoms with Crippen LogP contribution in [0, 0.1) is 5.92 Å². The summed E-state index contributed by atoms with van der Waals surface area (Å²) in [7, 11) is -3.90. The first-order valence-corrected chi connectivity index (χ1v) is 20.4. The number of fused-ring (bicyclic) bond motifs is 3. The van der Waals surface area contributed by atoms with Crippen molar-refractivity contribution < 1.29 is 41.9 Å². The van der Waals surface area contributed by atoms with Crippen molar-refractivity contribution >= 4 is 51.5 Å². The molecule has 3 aliphatic carbocycles. The Morgan fingerprint density at radius 2 is 1.67 bits per heavy atom. The van der Waals surface area contributed by atoms with Crippen molar-refractivity contribution in [2.45, 2.75) is 132 Å². The normalized spacial score (nSPS) is 30.2. The molecule has 0 unspecified atom stereocenters. The second-order valence-corrected chi connectivity index (χ2v) is 17.4. The van der Waals surface area contributed by atoms with Gasteiger partial charge < -0.3 is 25.0 Å². The maximum atomic E-state index is 14.4. The van der Waals surface area contributed by atoms with Crippen molar-refractivity contribution in [2.24, 2.45) is 5.92 Å². The van der Waals surface area contributed by atoms with Gasteiger partial charge in [-0.3, -0.25) is 24.0 Å². The van der Waals surface area contributed by atoms with Crippen LogP contribution in [0.2, 0.25) is 5.02 Å². The molecule has 5 amide bonds. The number of hydrogen-bond donors (Lipinski definition) is 3. The number of alkyl carbamates (subject to hydrolysis) is 1. The molecule has 5 atom stereocenters. The van der Waals surface area contributed by atoms with Gasteiger partial charge in [0.15, 0.2) is 0 Å². The molecule has 282 valence electrons. The molecule has 14 nitrogen and oxygen atoms in total. The molecule has 1 saturated heterocycles. The highest BCUT2D eigenvalue weighted by Crippen LogP contribution is 2.46. The molecule has 7 rings (SSSR count). The SMILES string of the molecule is O=C(N[C@H]1CCCCC/C=C\[C@@H]2C[C@@]2(C(=O)NS(=O)(=O)C2CC2)NC(=O)[C@@H]2C[C@@H](OC(=O)N3Cc4ccc(Cl)cc4C3)CN2C1=O)OC1CCCC1. The molecule has 0 spiro atoms. The Balaban J connectivity index is 1.12. The van der Waals surface area contributed by atoms with E-state index in [4.69, 9.17) is 21.1 Å². The van der Waals surface area contributed by atoms with Crippen LogP contribution in [0.25, 0.3) is 0 Å². The maximum Gasteiger partial charge on any atom is 0.410 e. The van der Waals surface area contributed by atoms with Gasteiger partial charge in [0.05, 0.1) is 11.8 Å². The molecule has 3 aliphatic heterocycles. The average molecular weight is 760 g/mol. The summed E-state index contributed by atoms with van der Waals surface area (Å²) in [6, 6.07) is 3.23. The molecule has 0 aromatic heterocycles. The summed E-state index contributed by atoms with van der Waals surface area (Å²) in [4.78, 5) is 71.5. The van der Waals surface area contributed by atoms with Gasteiger partial charge in [0.2, 0.25) is 21.8 Å². The minimum Gasteiger partial charge on any atom is -0.446 e. The summed E-state index contributed by atoms with van der Waals surface area (Å²) >= 11 is 6.16. The van der Waals surface area contributed by atoms with Crippen LogP contribution in [-0.4, -0.2) is 89.8 Å². The van der Waals surface area contributed by atoms with E-state index in [-0.39, 0.29) is 25.5 Å². The van der Waals surface area contributed by atoms with E-state index < -0.39 is 74.8 Å². The largest absolute Gasteiger partial charge is 0.446 e. The van der Waals surface area contributed by atoms with E-state index in [0.29, 0.717) is 50.2 Å². The third-order valence-corrected chi connectivity index (χ3v) is 13.2. The van der Waals surface area contributed by atoms with Gasteiger partial charge >= 0.3 is 12.2 Å². The van der Waals surface area contributed by atoms with Crippen LogP contribution in [0.3, 0.4) is 0 Å². The lowest BCUT2D eigenvalue weighted by Crippen LogP contribution is -2.58. The zero-order valence-corrected chi connectivity index (χ0v) is 30.6. The van der Waals surface area contributed by atoms with Gasteiger partial charge in [-0.2, -0.15) is 0 Å². The van der Waals surface area contributed by atoms with Gasteiger partial charge in [0.25, 0.3) is 5.91 Å². The Hall–Kier alpha value is -3.85. The number of benzene rings is 1. The number of carbonyl (C=O) groups excluding carboxylic acids is 5. The molecule has 0 bridgehead atoms. The zero-order chi connectivity index (χ0) is 36.6. The van der Waals surface area contributed by atoms with Crippen LogP contribution in [0.15, 0.2) is 30.4 Å². The predicted molar refractivity (Wildman–Crippen MR) is 188 cm³/mol. The van der Waals surface area contributed by atoms with Crippen LogP contribution in [0.1, 0.15) is 94.6 Å². The van der Waals surface area contributed by atoms with E-state index in [0.717, 1.165) is 49.7 Å². The fourth-order valence-electron chi connectivity index (χ4n) is 7.89. The number of nitrogens with one attached hydrogen (secondary N) is 3. The van der Waals surface area contributed by atoms with Crippen molar-refractivity contribution in [2.75, 3.05) is 6.54 Å². The standard InChI is InChI=1S/C36H46ClN5O9S/c37-25-13-12-22-19-41(20-23(22)16-25)35(47)51-27-17-30-31(43)39-36(33(45)40-52(48,49)28-14-15-28)18-24(36)8-4-2-1-3-5-11-29(32(44)42(30)21-27)38-34(46)50-26-9-6-7-10-26/h4,8,12-13,16,24,26-30H,1-3,5-7,9-11,14-15,17-21H2,(H,38,46)(H,39,43)(H,40,45)/b8-4-/t24-,27-,29+,30+,36-/m1/s1. The smallest absolute Gasteiger partial charge is 0.410 e. The fourth-order valence-corrected chi connectivity index (χ4v) is 9.45. The Bertz CT molecular complexity index is 1750. The third-order valence-electron chi connectivity index (χ3n) is 11.1. The number of allylic oxidation sites excluding steroid dienone is 1. The number of rotatable bonds is 6. The van der Waals surface area contributed by atoms with Gasteiger partial charge in [-0.25, -0.2) is 18.0 Å². The summed E-state index contributed by atoms with van der Waals surface area (Å²) < 4.78 is 39.3. The van der Waals surface area contributed by atoms with E-state index >= 15 is 0 Å². The summed E-state index contributed by atoms with van der Waals surface area (Å²) in [5.74, 6) is -2.46. The van der Waals surface area contributed by atoms with Crippen LogP contribution < -0.4 is 15.4 Å². The zero-order valence-electron chi connectivity index (χ0n) is 29.0. The molecule has 3 saturated carbocycles. The number of halogens is 1. The molecule has 3 heterocycles. The molecular formula is C36H46ClN5O9S. The lowest BCUT2D eigenvalue weighted by atomic mass is 10.0. The molecule has 3 N–H and O–H groups in total. The monoisotopic (exact) mass is 759 g/mol. The first-order chi connectivity index (χ1) is 24.9. The van der Waals surface area contributed by atoms with Crippen LogP contribution >= 0.6 is 11.6 Å². The lowest BCUT2D eigenvalue weighted by molar-refractivity contribution is -0.141. The topological polar surface area (TPSA) is 181 Å². The van der Waals surface area contributed by atoms with E-state index in [9.17, 15) is 32.4 Å². The number of hydrogen-bond acceptors (Lipinski definition) is 9. The summed E-state index contributed by atoms with van der Waals surface area (Å²) in [6.07, 6.45) is 9.02. The second kappa shape index (κ2) is 14.9. The van der Waals surface area contributed by atoms with Crippen LogP contribution in [-0.2, 0) is 47.0 Å². The first kappa shape index (κ1) is 36.5. The van der Waals surface area contributed by atoms with Crippen molar-refractivity contribution in [3.63, 3.8) is 0 Å². The lowest BCUT2D eigenvalue weighted by Gasteiger charge is -2.30. The van der Waals surface area contributed by atoms with Gasteiger partial charge in [-0.05, 0) is 87.5 Å². The van der Waals surface area contributed by atoms with Gasteiger partial charge in [-0.1, -0.05) is 42.7 Å². The molecule has 6 aliphatic rings. The van der Waals surface area contributed by atoms with E-state index in [2.05, 4.69) is 15.4 Å². The van der Waals surface area contributed by atoms with Crippen LogP contribution in [0.5, 0.6) is 0 Å². The highest BCUT2D eigenvalue weighted by atomic mass is 35.5. The highest BCUT2D eigenvalue weighted by Gasteiger charge is 2.62. The maximum absolute atomic E-state index is 14.4. The molecular weight excluding hydrogens is 714 g/mol. The summed E-state index contributed by atoms with van der Waals surface area (Å²) in [5, 5.41) is 5.50. The summed E-state index contributed by atoms with van der Waals surface area (Å²) in [6.45, 7) is 0.485. The number of nitrogens with zero attached hydrogens (tertiary/aromatic N) is 2. The molecule has 1 aromatic carbocycles. The number of carbonyl (C=O) groups is 5. The van der Waals surface area contributed by atoms with Gasteiger partial charge in [0.1, 0.15) is 29.8 Å². The van der Waals surface area contributed by atoms with Crippen molar-refractivity contribution in [1.82, 2.24) is 25.2 Å². The minimum atomic E-state index is -3.90. The van der Waals surface area contributed by atoms with E-state index in [1.54, 1.807) is 12.1 Å². The van der Waals surface area contributed by atoms with Crippen molar-refractivity contribution in [1.29, 1.82) is 0 Å². The number of sulfonamides is 1. The Morgan fingerprint density at radius 3 is 2.44 bits per heavy atom. The quantitative estimate of drug-likeness (QED) is 0.364. The van der Waals surface area contributed by atoms with Gasteiger partial charge in [0, 0.05) is 30.5 Å². The highest BCUT2D eigenvalue weighted by molar-refractivity contribution is 7.91. The molecule has 52 heavy (non-hydrogen) atoms. The first-order valence-electron chi connectivity index (χ1n) is 18.5. The van der Waals surface area contributed by atoms with Crippen LogP contribution in [0.4, 0.5) is 9.59 Å². The fraction of sp³-hybridized carbons (Fsp3) is 0.639. The second-order valence-electron chi connectivity index (χ2n) is 15.0. The Morgan fingerprint density at radius 1 is 0.923 bits per heavy atom. The number of amides is 5. The molecule has 16 heteroatoms. The van der Waals surface area contributed by atoms with Crippen molar-refractivity contribution in [3.05, 3.63) is 46.5 Å². The van der Waals surface area contributed by atoms with E-state index in [1.807, 2.05) is 18.2 Å². The molecule has 0 radical (unpaired) electrons. The molecule has 4 fully saturated rings. The minimum absolute atomic E-state index is 0.0618. The Kier molecular flexibility index (Phi) is 10.4. The predicted octanol–water partition coefficient (Wildman–Crippen LogP) is 3.80. The molecule has 1 aromatic rings. The average Bonchev–Trinajstić information content (AvgIpc) is 3.89. The Labute approximate surface area is 308 Å². The van der Waals surface area contributed by atoms with Gasteiger partial charge in [-0.15, -0.1) is 0 Å². The third kappa shape index (κ3) is 8.04.